The first-order valence-electron chi connectivity index (χ1n) is 32.0. The summed E-state index contributed by atoms with van der Waals surface area (Å²) in [5.41, 5.74) is 11.1. The molecule has 3 aliphatic heterocycles. The predicted octanol–water partition coefficient (Wildman–Crippen LogP) is 10.8. The van der Waals surface area contributed by atoms with Gasteiger partial charge >= 0.3 is 31.7 Å². The van der Waals surface area contributed by atoms with E-state index in [1.54, 1.807) is 52.0 Å². The van der Waals surface area contributed by atoms with Crippen molar-refractivity contribution in [3.63, 3.8) is 0 Å². The van der Waals surface area contributed by atoms with Gasteiger partial charge in [0, 0.05) is 12.8 Å². The van der Waals surface area contributed by atoms with E-state index >= 15 is 4.57 Å². The van der Waals surface area contributed by atoms with Crippen molar-refractivity contribution in [1.82, 2.24) is 5.32 Å². The van der Waals surface area contributed by atoms with Gasteiger partial charge in [0.2, 0.25) is 5.91 Å². The number of nitrogens with two attached hydrogens (primary N) is 1. The largest absolute Gasteiger partial charge is 0.475 e. The number of phosphoric acid groups is 1. The lowest BCUT2D eigenvalue weighted by Gasteiger charge is -2.49. The fourth-order valence-corrected chi connectivity index (χ4v) is 12.7. The minimum atomic E-state index is -4.69. The molecule has 0 aromatic heterocycles. The van der Waals surface area contributed by atoms with Crippen molar-refractivity contribution in [3.8, 4) is 0 Å². The average Bonchev–Trinajstić information content (AvgIpc) is 0.929. The van der Waals surface area contributed by atoms with E-state index in [9.17, 15) is 24.0 Å². The molecule has 2 saturated heterocycles. The quantitative estimate of drug-likeness (QED) is 0.0194. The maximum absolute atomic E-state index is 15.2. The smallest absolute Gasteiger partial charge is 0.462 e. The van der Waals surface area contributed by atoms with Crippen molar-refractivity contribution < 1.29 is 93.9 Å². The number of hydrogen-bond donors (Lipinski definition) is 2. The normalized spacial score (nSPS) is 24.2. The summed E-state index contributed by atoms with van der Waals surface area (Å²) in [6.07, 6.45) is -13.5. The minimum absolute atomic E-state index is 0.00302. The molecule has 0 saturated carbocycles. The van der Waals surface area contributed by atoms with Crippen LogP contribution in [0.4, 0.5) is 0 Å². The van der Waals surface area contributed by atoms with Gasteiger partial charge in [-0.05, 0) is 65.2 Å². The number of hydrogen-bond acceptors (Lipinski definition) is 21. The molecule has 3 aliphatic rings. The zero-order valence-electron chi connectivity index (χ0n) is 54.8. The number of carbonyl (C=O) groups excluding carboxylic acids is 5. The number of rotatable bonds is 33. The number of phosphoric ester groups is 1. The Labute approximate surface area is 542 Å². The molecule has 0 aliphatic carbocycles. The zero-order chi connectivity index (χ0) is 66.4. The maximum atomic E-state index is 15.2. The van der Waals surface area contributed by atoms with Crippen LogP contribution in [0.2, 0.25) is 18.1 Å². The van der Waals surface area contributed by atoms with Crippen molar-refractivity contribution in [2.75, 3.05) is 13.2 Å². The summed E-state index contributed by atoms with van der Waals surface area (Å²) < 4.78 is 105. The molecule has 13 atom stereocenters. The van der Waals surface area contributed by atoms with Crippen molar-refractivity contribution in [1.29, 1.82) is 0 Å². The van der Waals surface area contributed by atoms with E-state index < -0.39 is 139 Å². The van der Waals surface area contributed by atoms with Gasteiger partial charge in [0.25, 0.3) is 0 Å². The van der Waals surface area contributed by atoms with Crippen LogP contribution < -0.4 is 11.1 Å². The minimum Gasteiger partial charge on any atom is -0.462 e. The van der Waals surface area contributed by atoms with E-state index in [0.29, 0.717) is 17.5 Å². The average molecular weight is 1320 g/mol. The second-order valence-corrected chi connectivity index (χ2v) is 31.0. The first kappa shape index (κ1) is 73.6. The highest BCUT2D eigenvalue weighted by atomic mass is 31.2. The Morgan fingerprint density at radius 2 is 1.05 bits per heavy atom. The molecule has 3 heterocycles. The molecule has 7 rings (SSSR count). The summed E-state index contributed by atoms with van der Waals surface area (Å²) in [6, 6.07) is 32.7. The Hall–Kier alpha value is -5.76. The lowest BCUT2D eigenvalue weighted by Crippen LogP contribution is -2.68. The first-order valence-corrected chi connectivity index (χ1v) is 36.4. The van der Waals surface area contributed by atoms with Crippen LogP contribution >= 0.6 is 7.82 Å². The molecule has 0 radical (unpaired) electrons. The Balaban J connectivity index is 1.32. The zero-order valence-corrected chi connectivity index (χ0v) is 56.7. The molecule has 0 bridgehead atoms. The third-order valence-electron chi connectivity index (χ3n) is 16.7. The maximum Gasteiger partial charge on any atom is 0.475 e. The SMILES string of the molecule is CCC(=O)O[C@H](CC)CC(=O)NC1[C@H](OCC2O[C@@H](O[Si](C)(C)C(C)(C)C)C(N)[C@@H](OC(=O)C[C@@H](CC)OCc3ccccc3)[C@@H]2OCc2ccccc2)OC(COCc2ccccc2)[C@@H](OP2(=O)OCc3ccccc3CO2)[C@@H]1OC(=O)C[C@@H](CC)OC(=O)CC. The molecule has 506 valence electrons. The van der Waals surface area contributed by atoms with Gasteiger partial charge in [-0.3, -0.25) is 37.5 Å². The van der Waals surface area contributed by atoms with Gasteiger partial charge in [-0.15, -0.1) is 0 Å². The van der Waals surface area contributed by atoms with Gasteiger partial charge in [-0.1, -0.05) is 171 Å². The van der Waals surface area contributed by atoms with E-state index in [2.05, 4.69) is 26.1 Å². The number of nitrogens with one attached hydrogen (secondary N) is 1. The number of ether oxygens (including phenoxy) is 10. The number of esters is 4. The lowest BCUT2D eigenvalue weighted by atomic mass is 9.95. The van der Waals surface area contributed by atoms with E-state index in [1.165, 1.54) is 0 Å². The third kappa shape index (κ3) is 21.9. The van der Waals surface area contributed by atoms with Gasteiger partial charge in [-0.25, -0.2) is 4.57 Å². The predicted molar refractivity (Wildman–Crippen MR) is 341 cm³/mol. The Kier molecular flexibility index (Phi) is 28.5. The molecule has 0 spiro atoms. The van der Waals surface area contributed by atoms with E-state index in [4.69, 9.17) is 71.1 Å². The van der Waals surface area contributed by atoms with Crippen LogP contribution in [0.1, 0.15) is 135 Å². The summed E-state index contributed by atoms with van der Waals surface area (Å²) in [6.45, 7) is 18.0. The molecular formula is C68H95N2O20PSi. The molecule has 4 aromatic rings. The number of amides is 1. The molecule has 24 heteroatoms. The summed E-state index contributed by atoms with van der Waals surface area (Å²) in [4.78, 5) is 69.3. The van der Waals surface area contributed by atoms with Crippen LogP contribution in [-0.4, -0.2) is 131 Å². The fraction of sp³-hybridized carbons (Fsp3) is 0.574. The summed E-state index contributed by atoms with van der Waals surface area (Å²) in [7, 11) is -7.45. The summed E-state index contributed by atoms with van der Waals surface area (Å²) in [5, 5.41) is 2.60. The first-order chi connectivity index (χ1) is 44.0. The summed E-state index contributed by atoms with van der Waals surface area (Å²) >= 11 is 0. The van der Waals surface area contributed by atoms with Crippen LogP contribution in [0.25, 0.3) is 0 Å². The van der Waals surface area contributed by atoms with Gasteiger partial charge in [0.05, 0.1) is 77.7 Å². The standard InChI is InChI=1S/C68H95N2O20PSi/c1-11-50(78-39-46-29-21-17-22-30-46)36-58(74)87-64-60(69)66(90-92(9,10)68(6,7)8)85-54(62(64)79-40-47-31-23-18-24-32-47)44-80-67-61(70-55(71)35-51(12-2)83-56(72)14-4)65(88-59(75)37-52(13-3)84-57(73)15-5)63(53(86-67)43-77-38-45-27-19-16-20-28-45)89-91(76)81-41-48-33-25-26-34-49(48)42-82-91/h16-34,50-54,60-67H,11-15,35-44,69H2,1-10H3,(H,70,71)/t50-,51-,52-,53?,54?,60?,61?,62-,63-,64-,65-,66+,67-/m1/s1. The molecule has 4 unspecified atom stereocenters. The molecule has 22 nitrogen and oxygen atoms in total. The highest BCUT2D eigenvalue weighted by Crippen LogP contribution is 2.55. The van der Waals surface area contributed by atoms with Crippen molar-refractivity contribution in [3.05, 3.63) is 143 Å². The second-order valence-electron chi connectivity index (χ2n) is 24.7. The van der Waals surface area contributed by atoms with Crippen LogP contribution in [0.3, 0.4) is 0 Å². The monoisotopic (exact) mass is 1320 g/mol. The Bertz CT molecular complexity index is 2960. The Morgan fingerprint density at radius 3 is 1.59 bits per heavy atom. The van der Waals surface area contributed by atoms with Gasteiger partial charge in [0.15, 0.2) is 33.1 Å². The van der Waals surface area contributed by atoms with Crippen molar-refractivity contribution in [2.45, 2.75) is 238 Å². The van der Waals surface area contributed by atoms with Crippen molar-refractivity contribution in [2.24, 2.45) is 5.73 Å². The number of fused-ring (bicyclic) bond motifs is 1. The molecule has 4 aromatic carbocycles. The lowest BCUT2D eigenvalue weighted by molar-refractivity contribution is -0.301. The molecular weight excluding hydrogens is 1220 g/mol. The second kappa shape index (κ2) is 35.7. The third-order valence-corrected chi connectivity index (χ3v) is 22.5. The van der Waals surface area contributed by atoms with E-state index in [1.807, 2.05) is 111 Å². The van der Waals surface area contributed by atoms with Crippen LogP contribution in [-0.2, 0) is 127 Å². The van der Waals surface area contributed by atoms with Gasteiger partial charge in [-0.2, -0.15) is 0 Å². The van der Waals surface area contributed by atoms with Crippen LogP contribution in [0.15, 0.2) is 115 Å². The number of benzene rings is 4. The van der Waals surface area contributed by atoms with Crippen LogP contribution in [0, 0.1) is 0 Å². The highest BCUT2D eigenvalue weighted by molar-refractivity contribution is 7.48. The molecule has 3 N–H and O–H groups in total. The molecule has 92 heavy (non-hydrogen) atoms. The van der Waals surface area contributed by atoms with Gasteiger partial charge in [0.1, 0.15) is 42.7 Å². The van der Waals surface area contributed by atoms with Crippen molar-refractivity contribution >= 4 is 45.9 Å². The topological polar surface area (TPSA) is 270 Å². The van der Waals surface area contributed by atoms with Crippen LogP contribution in [0.5, 0.6) is 0 Å². The fourth-order valence-electron chi connectivity index (χ4n) is 10.2. The van der Waals surface area contributed by atoms with Gasteiger partial charge < -0.3 is 62.8 Å². The van der Waals surface area contributed by atoms with E-state index in [0.717, 1.165) is 16.7 Å². The number of carbonyl (C=O) groups is 5. The van der Waals surface area contributed by atoms with E-state index in [-0.39, 0.29) is 83.2 Å². The molecule has 2 fully saturated rings. The Morgan fingerprint density at radius 1 is 0.576 bits per heavy atom. The molecule has 1 amide bonds. The summed E-state index contributed by atoms with van der Waals surface area (Å²) in [5.74, 6) is -3.32. The highest BCUT2D eigenvalue weighted by Gasteiger charge is 2.56.